The molecule has 0 fully saturated rings. The van der Waals surface area contributed by atoms with E-state index in [1.165, 1.54) is 29.2 Å². The first-order valence-electron chi connectivity index (χ1n) is 5.91. The molecule has 6 heteroatoms. The van der Waals surface area contributed by atoms with E-state index in [2.05, 4.69) is 0 Å². The quantitative estimate of drug-likeness (QED) is 0.815. The maximum atomic E-state index is 12.7. The summed E-state index contributed by atoms with van der Waals surface area (Å²) in [5.41, 5.74) is 0. The van der Waals surface area contributed by atoms with Crippen LogP contribution in [0.5, 0.6) is 5.75 Å². The van der Waals surface area contributed by atoms with Gasteiger partial charge < -0.3 is 14.7 Å². The van der Waals surface area contributed by atoms with Gasteiger partial charge in [-0.05, 0) is 31.2 Å². The van der Waals surface area contributed by atoms with Crippen LogP contribution in [-0.4, -0.2) is 41.6 Å². The van der Waals surface area contributed by atoms with E-state index < -0.39 is 5.97 Å². The van der Waals surface area contributed by atoms with E-state index in [-0.39, 0.29) is 31.3 Å². The molecule has 1 aromatic rings. The van der Waals surface area contributed by atoms with Crippen LogP contribution in [0.4, 0.5) is 4.39 Å². The molecular weight excluding hydrogens is 253 g/mol. The number of amides is 1. The zero-order chi connectivity index (χ0) is 14.3. The average molecular weight is 269 g/mol. The number of nitrogens with zero attached hydrogens (tertiary/aromatic N) is 1. The summed E-state index contributed by atoms with van der Waals surface area (Å²) in [5, 5.41) is 8.57. The first-order valence-corrected chi connectivity index (χ1v) is 5.91. The summed E-state index contributed by atoms with van der Waals surface area (Å²) in [7, 11) is 0. The number of halogens is 1. The third-order valence-corrected chi connectivity index (χ3v) is 2.51. The Balaban J connectivity index is 2.44. The van der Waals surface area contributed by atoms with Crippen LogP contribution in [-0.2, 0) is 9.59 Å². The van der Waals surface area contributed by atoms with Crippen LogP contribution in [0.3, 0.4) is 0 Å². The highest BCUT2D eigenvalue weighted by Gasteiger charge is 2.13. The van der Waals surface area contributed by atoms with Crippen LogP contribution in [0.2, 0.25) is 0 Å². The van der Waals surface area contributed by atoms with Crippen molar-refractivity contribution in [3.8, 4) is 5.75 Å². The summed E-state index contributed by atoms with van der Waals surface area (Å²) in [6.07, 6.45) is -0.101. The van der Waals surface area contributed by atoms with Crippen LogP contribution in [0.1, 0.15) is 13.3 Å². The minimum Gasteiger partial charge on any atom is -0.484 e. The number of aliphatic carboxylic acids is 1. The lowest BCUT2D eigenvalue weighted by Gasteiger charge is -2.20. The number of hydrogen-bond donors (Lipinski definition) is 1. The molecule has 0 radical (unpaired) electrons. The Hall–Kier alpha value is -2.11. The van der Waals surface area contributed by atoms with Gasteiger partial charge in [-0.2, -0.15) is 0 Å². The summed E-state index contributed by atoms with van der Waals surface area (Å²) in [5.74, 6) is -1.24. The van der Waals surface area contributed by atoms with Crippen LogP contribution in [0, 0.1) is 5.82 Å². The molecule has 0 spiro atoms. The number of rotatable bonds is 7. The summed E-state index contributed by atoms with van der Waals surface area (Å²) < 4.78 is 17.9. The number of carboxylic acid groups (broad SMARTS) is 1. The second-order valence-electron chi connectivity index (χ2n) is 3.86. The molecule has 1 rings (SSSR count). The van der Waals surface area contributed by atoms with Gasteiger partial charge in [0.15, 0.2) is 6.61 Å². The van der Waals surface area contributed by atoms with E-state index >= 15 is 0 Å². The summed E-state index contributed by atoms with van der Waals surface area (Å²) in [4.78, 5) is 23.6. The maximum absolute atomic E-state index is 12.7. The summed E-state index contributed by atoms with van der Waals surface area (Å²) in [6, 6.07) is 5.33. The molecule has 0 heterocycles. The Morgan fingerprint density at radius 3 is 2.47 bits per heavy atom. The number of carboxylic acids is 1. The smallest absolute Gasteiger partial charge is 0.305 e. The fraction of sp³-hybridized carbons (Fsp3) is 0.385. The van der Waals surface area contributed by atoms with Gasteiger partial charge in [-0.15, -0.1) is 0 Å². The van der Waals surface area contributed by atoms with E-state index in [0.29, 0.717) is 12.3 Å². The predicted octanol–water partition coefficient (Wildman–Crippen LogP) is 1.53. The Bertz CT molecular complexity index is 433. The molecule has 0 bridgehead atoms. The van der Waals surface area contributed by atoms with Gasteiger partial charge in [0.1, 0.15) is 11.6 Å². The van der Waals surface area contributed by atoms with Gasteiger partial charge in [0.25, 0.3) is 5.91 Å². The highest BCUT2D eigenvalue weighted by atomic mass is 19.1. The minimum atomic E-state index is -0.953. The second-order valence-corrected chi connectivity index (χ2v) is 3.86. The van der Waals surface area contributed by atoms with Crippen LogP contribution in [0.25, 0.3) is 0 Å². The predicted molar refractivity (Wildman–Crippen MR) is 66.4 cm³/mol. The van der Waals surface area contributed by atoms with Crippen molar-refractivity contribution < 1.29 is 23.8 Å². The number of benzene rings is 1. The SMILES string of the molecule is CCN(CCC(=O)O)C(=O)COc1ccc(F)cc1. The highest BCUT2D eigenvalue weighted by Crippen LogP contribution is 2.11. The lowest BCUT2D eigenvalue weighted by molar-refractivity contribution is -0.139. The molecule has 0 saturated heterocycles. The third kappa shape index (κ3) is 5.37. The van der Waals surface area contributed by atoms with Crippen LogP contribution >= 0.6 is 0 Å². The Kier molecular flexibility index (Phi) is 5.78. The van der Waals surface area contributed by atoms with Gasteiger partial charge in [-0.1, -0.05) is 0 Å². The van der Waals surface area contributed by atoms with E-state index in [9.17, 15) is 14.0 Å². The van der Waals surface area contributed by atoms with Crippen molar-refractivity contribution in [2.45, 2.75) is 13.3 Å². The van der Waals surface area contributed by atoms with Crippen molar-refractivity contribution in [3.63, 3.8) is 0 Å². The van der Waals surface area contributed by atoms with Gasteiger partial charge in [-0.25, -0.2) is 4.39 Å². The van der Waals surface area contributed by atoms with E-state index in [1.54, 1.807) is 6.92 Å². The lowest BCUT2D eigenvalue weighted by atomic mass is 10.3. The molecule has 19 heavy (non-hydrogen) atoms. The molecular formula is C13H16FNO4. The van der Waals surface area contributed by atoms with Crippen molar-refractivity contribution in [3.05, 3.63) is 30.1 Å². The van der Waals surface area contributed by atoms with Crippen molar-refractivity contribution in [1.82, 2.24) is 4.90 Å². The number of likely N-dealkylation sites (N-methyl/N-ethyl adjacent to an activating group) is 1. The molecule has 0 unspecified atom stereocenters. The maximum Gasteiger partial charge on any atom is 0.305 e. The Labute approximate surface area is 110 Å². The van der Waals surface area contributed by atoms with Gasteiger partial charge in [0.05, 0.1) is 6.42 Å². The second kappa shape index (κ2) is 7.35. The number of hydrogen-bond acceptors (Lipinski definition) is 3. The zero-order valence-corrected chi connectivity index (χ0v) is 10.6. The molecule has 5 nitrogen and oxygen atoms in total. The summed E-state index contributed by atoms with van der Waals surface area (Å²) in [6.45, 7) is 2.13. The molecule has 0 aliphatic heterocycles. The molecule has 0 aliphatic carbocycles. The minimum absolute atomic E-state index is 0.101. The first-order chi connectivity index (χ1) is 9.02. The average Bonchev–Trinajstić information content (AvgIpc) is 2.38. The fourth-order valence-electron chi connectivity index (χ4n) is 1.46. The van der Waals surface area contributed by atoms with Gasteiger partial charge in [-0.3, -0.25) is 9.59 Å². The monoisotopic (exact) mass is 269 g/mol. The third-order valence-electron chi connectivity index (χ3n) is 2.51. The first kappa shape index (κ1) is 14.9. The van der Waals surface area contributed by atoms with E-state index in [0.717, 1.165) is 0 Å². The van der Waals surface area contributed by atoms with Crippen LogP contribution < -0.4 is 4.74 Å². The Morgan fingerprint density at radius 1 is 1.32 bits per heavy atom. The molecule has 0 aliphatic rings. The molecule has 0 atom stereocenters. The fourth-order valence-corrected chi connectivity index (χ4v) is 1.46. The number of ether oxygens (including phenoxy) is 1. The lowest BCUT2D eigenvalue weighted by Crippen LogP contribution is -2.36. The standard InChI is InChI=1S/C13H16FNO4/c1-2-15(8-7-13(17)18)12(16)9-19-11-5-3-10(14)4-6-11/h3-6H,2,7-9H2,1H3,(H,17,18). The van der Waals surface area contributed by atoms with Crippen LogP contribution in [0.15, 0.2) is 24.3 Å². The molecule has 0 saturated carbocycles. The van der Waals surface area contributed by atoms with Crippen molar-refractivity contribution >= 4 is 11.9 Å². The van der Waals surface area contributed by atoms with E-state index in [4.69, 9.17) is 9.84 Å². The number of carbonyl (C=O) groups is 2. The highest BCUT2D eigenvalue weighted by molar-refractivity contribution is 5.78. The number of carbonyl (C=O) groups excluding carboxylic acids is 1. The van der Waals surface area contributed by atoms with Gasteiger partial charge >= 0.3 is 5.97 Å². The zero-order valence-electron chi connectivity index (χ0n) is 10.6. The molecule has 104 valence electrons. The van der Waals surface area contributed by atoms with E-state index in [1.807, 2.05) is 0 Å². The molecule has 1 amide bonds. The van der Waals surface area contributed by atoms with Gasteiger partial charge in [0, 0.05) is 13.1 Å². The Morgan fingerprint density at radius 2 is 1.95 bits per heavy atom. The normalized spacial score (nSPS) is 10.0. The summed E-state index contributed by atoms with van der Waals surface area (Å²) >= 11 is 0. The van der Waals surface area contributed by atoms with Crippen molar-refractivity contribution in [1.29, 1.82) is 0 Å². The molecule has 1 aromatic carbocycles. The topological polar surface area (TPSA) is 66.8 Å². The largest absolute Gasteiger partial charge is 0.484 e. The molecule has 0 aromatic heterocycles. The molecule has 1 N–H and O–H groups in total. The van der Waals surface area contributed by atoms with Gasteiger partial charge in [0.2, 0.25) is 0 Å². The van der Waals surface area contributed by atoms with Crippen molar-refractivity contribution in [2.75, 3.05) is 19.7 Å². The van der Waals surface area contributed by atoms with Crippen molar-refractivity contribution in [2.24, 2.45) is 0 Å².